The monoisotopic (exact) mass is 276 g/mol. The van der Waals surface area contributed by atoms with Crippen molar-refractivity contribution in [1.29, 1.82) is 0 Å². The first-order valence-corrected chi connectivity index (χ1v) is 6.71. The van der Waals surface area contributed by atoms with Gasteiger partial charge in [0, 0.05) is 24.5 Å². The molecule has 0 spiro atoms. The van der Waals surface area contributed by atoms with Crippen LogP contribution in [0, 0.1) is 5.92 Å². The molecule has 6 heteroatoms. The molecule has 4 N–H and O–H groups in total. The summed E-state index contributed by atoms with van der Waals surface area (Å²) in [5.74, 6) is -0.148. The van der Waals surface area contributed by atoms with Crippen LogP contribution in [0.5, 0.6) is 0 Å². The van der Waals surface area contributed by atoms with Crippen LogP contribution in [0.15, 0.2) is 24.3 Å². The standard InChI is InChI=1S/C14H20N4O2/c1-9(2)12(15)13(19)17-10-4-3-5-11(8-10)18-7-6-16-14(18)20/h3-5,8-9,12H,6-7,15H2,1-2H3,(H,16,20)(H,17,19). The molecule has 0 aliphatic carbocycles. The number of carbonyl (C=O) groups is 2. The number of benzene rings is 1. The minimum absolute atomic E-state index is 0.0718. The highest BCUT2D eigenvalue weighted by atomic mass is 16.2. The van der Waals surface area contributed by atoms with Crippen molar-refractivity contribution in [2.45, 2.75) is 19.9 Å². The fourth-order valence-electron chi connectivity index (χ4n) is 2.00. The van der Waals surface area contributed by atoms with Gasteiger partial charge < -0.3 is 16.4 Å². The van der Waals surface area contributed by atoms with E-state index >= 15 is 0 Å². The number of nitrogens with two attached hydrogens (primary N) is 1. The van der Waals surface area contributed by atoms with E-state index in [4.69, 9.17) is 5.73 Å². The van der Waals surface area contributed by atoms with Crippen LogP contribution in [0.25, 0.3) is 0 Å². The van der Waals surface area contributed by atoms with Crippen LogP contribution >= 0.6 is 0 Å². The Hall–Kier alpha value is -2.08. The Balaban J connectivity index is 2.10. The normalized spacial score (nSPS) is 16.2. The molecule has 0 radical (unpaired) electrons. The second-order valence-electron chi connectivity index (χ2n) is 5.19. The van der Waals surface area contributed by atoms with Crippen molar-refractivity contribution in [2.24, 2.45) is 11.7 Å². The molecule has 1 saturated heterocycles. The minimum atomic E-state index is -0.547. The summed E-state index contributed by atoms with van der Waals surface area (Å²) in [6.45, 7) is 5.06. The number of hydrogen-bond acceptors (Lipinski definition) is 3. The lowest BCUT2D eigenvalue weighted by Gasteiger charge is -2.18. The molecule has 1 aromatic carbocycles. The highest BCUT2D eigenvalue weighted by Gasteiger charge is 2.22. The molecule has 1 fully saturated rings. The summed E-state index contributed by atoms with van der Waals surface area (Å²) < 4.78 is 0. The lowest BCUT2D eigenvalue weighted by atomic mass is 10.0. The van der Waals surface area contributed by atoms with E-state index in [2.05, 4.69) is 10.6 Å². The average Bonchev–Trinajstić information content (AvgIpc) is 2.84. The van der Waals surface area contributed by atoms with E-state index in [0.717, 1.165) is 5.69 Å². The summed E-state index contributed by atoms with van der Waals surface area (Å²) >= 11 is 0. The maximum Gasteiger partial charge on any atom is 0.321 e. The molecule has 1 unspecified atom stereocenters. The third kappa shape index (κ3) is 3.08. The molecule has 1 aliphatic rings. The van der Waals surface area contributed by atoms with Crippen molar-refractivity contribution >= 4 is 23.3 Å². The van der Waals surface area contributed by atoms with Crippen LogP contribution in [0.3, 0.4) is 0 Å². The Morgan fingerprint density at radius 3 is 2.80 bits per heavy atom. The first kappa shape index (κ1) is 14.3. The molecule has 108 valence electrons. The predicted molar refractivity (Wildman–Crippen MR) is 78.6 cm³/mol. The summed E-state index contributed by atoms with van der Waals surface area (Å²) in [4.78, 5) is 25.2. The molecular weight excluding hydrogens is 256 g/mol. The summed E-state index contributed by atoms with van der Waals surface area (Å²) in [6.07, 6.45) is 0. The molecular formula is C14H20N4O2. The number of nitrogens with one attached hydrogen (secondary N) is 2. The van der Waals surface area contributed by atoms with E-state index in [1.165, 1.54) is 0 Å². The SMILES string of the molecule is CC(C)C(N)C(=O)Nc1cccc(N2CCNC2=O)c1. The number of rotatable bonds is 4. The van der Waals surface area contributed by atoms with Crippen LogP contribution in [0.4, 0.5) is 16.2 Å². The van der Waals surface area contributed by atoms with Crippen molar-refractivity contribution in [3.05, 3.63) is 24.3 Å². The zero-order chi connectivity index (χ0) is 14.7. The number of hydrogen-bond donors (Lipinski definition) is 3. The molecule has 20 heavy (non-hydrogen) atoms. The minimum Gasteiger partial charge on any atom is -0.336 e. The van der Waals surface area contributed by atoms with Crippen LogP contribution in [-0.4, -0.2) is 31.1 Å². The van der Waals surface area contributed by atoms with Crippen molar-refractivity contribution in [3.63, 3.8) is 0 Å². The molecule has 1 heterocycles. The molecule has 0 aromatic heterocycles. The molecule has 3 amide bonds. The van der Waals surface area contributed by atoms with E-state index in [9.17, 15) is 9.59 Å². The number of carbonyl (C=O) groups excluding carboxylic acids is 2. The third-order valence-electron chi connectivity index (χ3n) is 3.30. The molecule has 0 saturated carbocycles. The summed E-state index contributed by atoms with van der Waals surface area (Å²) in [5, 5.41) is 5.52. The number of nitrogens with zero attached hydrogens (tertiary/aromatic N) is 1. The molecule has 2 rings (SSSR count). The van der Waals surface area contributed by atoms with E-state index in [1.54, 1.807) is 23.1 Å². The first-order valence-electron chi connectivity index (χ1n) is 6.71. The number of urea groups is 1. The Kier molecular flexibility index (Phi) is 4.24. The largest absolute Gasteiger partial charge is 0.336 e. The smallest absolute Gasteiger partial charge is 0.321 e. The lowest BCUT2D eigenvalue weighted by molar-refractivity contribution is -0.118. The Morgan fingerprint density at radius 2 is 2.20 bits per heavy atom. The Bertz CT molecular complexity index is 516. The Labute approximate surface area is 118 Å². The van der Waals surface area contributed by atoms with Gasteiger partial charge in [0.25, 0.3) is 0 Å². The average molecular weight is 276 g/mol. The lowest BCUT2D eigenvalue weighted by Crippen LogP contribution is -2.39. The van der Waals surface area contributed by atoms with Crippen molar-refractivity contribution in [2.75, 3.05) is 23.3 Å². The maximum absolute atomic E-state index is 11.9. The second kappa shape index (κ2) is 5.92. The number of anilines is 2. The fourth-order valence-corrected chi connectivity index (χ4v) is 2.00. The van der Waals surface area contributed by atoms with E-state index in [1.807, 2.05) is 19.9 Å². The van der Waals surface area contributed by atoms with Gasteiger partial charge in [0.15, 0.2) is 0 Å². The Morgan fingerprint density at radius 1 is 1.45 bits per heavy atom. The van der Waals surface area contributed by atoms with Gasteiger partial charge in [-0.25, -0.2) is 4.79 Å². The molecule has 6 nitrogen and oxygen atoms in total. The van der Waals surface area contributed by atoms with E-state index < -0.39 is 6.04 Å². The maximum atomic E-state index is 11.9. The van der Waals surface area contributed by atoms with Gasteiger partial charge in [-0.3, -0.25) is 9.69 Å². The second-order valence-corrected chi connectivity index (χ2v) is 5.19. The highest BCUT2D eigenvalue weighted by molar-refractivity contribution is 5.97. The van der Waals surface area contributed by atoms with E-state index in [0.29, 0.717) is 18.8 Å². The van der Waals surface area contributed by atoms with Gasteiger partial charge in [0.2, 0.25) is 5.91 Å². The van der Waals surface area contributed by atoms with Gasteiger partial charge >= 0.3 is 6.03 Å². The van der Waals surface area contributed by atoms with Crippen molar-refractivity contribution in [1.82, 2.24) is 5.32 Å². The predicted octanol–water partition coefficient (Wildman–Crippen LogP) is 1.14. The van der Waals surface area contributed by atoms with Crippen molar-refractivity contribution < 1.29 is 9.59 Å². The van der Waals surface area contributed by atoms with Gasteiger partial charge in [-0.1, -0.05) is 19.9 Å². The molecule has 1 atom stereocenters. The number of amides is 3. The van der Waals surface area contributed by atoms with E-state index in [-0.39, 0.29) is 17.9 Å². The zero-order valence-corrected chi connectivity index (χ0v) is 11.7. The van der Waals surface area contributed by atoms with Crippen LogP contribution in [-0.2, 0) is 4.79 Å². The third-order valence-corrected chi connectivity index (χ3v) is 3.30. The van der Waals surface area contributed by atoms with Crippen LogP contribution in [0.1, 0.15) is 13.8 Å². The fraction of sp³-hybridized carbons (Fsp3) is 0.429. The van der Waals surface area contributed by atoms with Gasteiger partial charge in [-0.15, -0.1) is 0 Å². The molecule has 1 aliphatic heterocycles. The van der Waals surface area contributed by atoms with Gasteiger partial charge in [0.1, 0.15) is 0 Å². The van der Waals surface area contributed by atoms with Gasteiger partial charge in [-0.05, 0) is 24.1 Å². The summed E-state index contributed by atoms with van der Waals surface area (Å²) in [5.41, 5.74) is 7.21. The van der Waals surface area contributed by atoms with Gasteiger partial charge in [0.05, 0.1) is 6.04 Å². The molecule has 1 aromatic rings. The quantitative estimate of drug-likeness (QED) is 0.770. The summed E-state index contributed by atoms with van der Waals surface area (Å²) in [7, 11) is 0. The van der Waals surface area contributed by atoms with Crippen LogP contribution < -0.4 is 21.3 Å². The highest BCUT2D eigenvalue weighted by Crippen LogP contribution is 2.21. The van der Waals surface area contributed by atoms with Crippen molar-refractivity contribution in [3.8, 4) is 0 Å². The first-order chi connectivity index (χ1) is 9.49. The zero-order valence-electron chi connectivity index (χ0n) is 11.7. The topological polar surface area (TPSA) is 87.5 Å². The summed E-state index contributed by atoms with van der Waals surface area (Å²) in [6, 6.07) is 6.53. The van der Waals surface area contributed by atoms with Gasteiger partial charge in [-0.2, -0.15) is 0 Å². The van der Waals surface area contributed by atoms with Crippen LogP contribution in [0.2, 0.25) is 0 Å². The molecule has 0 bridgehead atoms.